The molecule has 2 nitrogen and oxygen atoms in total. The zero-order valence-corrected chi connectivity index (χ0v) is 27.3. The molecular weight excluding hydrogens is 655 g/mol. The molecule has 0 unspecified atom stereocenters. The van der Waals surface area contributed by atoms with Gasteiger partial charge in [0.1, 0.15) is 0 Å². The van der Waals surface area contributed by atoms with Crippen LogP contribution in [0.25, 0.3) is 22.5 Å². The van der Waals surface area contributed by atoms with Crippen molar-refractivity contribution in [2.75, 3.05) is 0 Å². The molecule has 3 heterocycles. The molecule has 0 atom stereocenters. The van der Waals surface area contributed by atoms with Crippen LogP contribution >= 0.6 is 0 Å². The number of pyridine rings is 2. The van der Waals surface area contributed by atoms with E-state index in [1.807, 2.05) is 0 Å². The third-order valence-corrected chi connectivity index (χ3v) is 8.15. The number of benzene rings is 2. The van der Waals surface area contributed by atoms with Crippen molar-refractivity contribution in [2.24, 2.45) is 0 Å². The summed E-state index contributed by atoms with van der Waals surface area (Å²) in [6.45, 7) is 22.6. The molecule has 8 bridgehead atoms. The third-order valence-electron chi connectivity index (χ3n) is 8.15. The van der Waals surface area contributed by atoms with Gasteiger partial charge >= 0.3 is 21.1 Å². The summed E-state index contributed by atoms with van der Waals surface area (Å²) in [5.41, 5.74) is 10.0. The van der Waals surface area contributed by atoms with Gasteiger partial charge in [-0.05, 0) is 64.7 Å². The molecule has 2 aromatic heterocycles. The molecule has 0 N–H and O–H groups in total. The molecule has 0 aliphatic carbocycles. The summed E-state index contributed by atoms with van der Waals surface area (Å²) in [5.74, 6) is 0. The van der Waals surface area contributed by atoms with Crippen molar-refractivity contribution < 1.29 is 21.1 Å². The first-order valence-corrected chi connectivity index (χ1v) is 13.7. The summed E-state index contributed by atoms with van der Waals surface area (Å²) < 4.78 is 0. The van der Waals surface area contributed by atoms with Crippen molar-refractivity contribution >= 4 is 0 Å². The van der Waals surface area contributed by atoms with Gasteiger partial charge in [-0.15, -0.1) is 70.8 Å². The van der Waals surface area contributed by atoms with Gasteiger partial charge in [0.05, 0.1) is 0 Å². The third kappa shape index (κ3) is 5.42. The molecule has 39 heavy (non-hydrogen) atoms. The van der Waals surface area contributed by atoms with Crippen LogP contribution in [0, 0.1) is 12.1 Å². The average molecular weight is 696 g/mol. The first kappa shape index (κ1) is 29.4. The van der Waals surface area contributed by atoms with Gasteiger partial charge in [0.15, 0.2) is 0 Å². The smallest absolute Gasteiger partial charge is 0.300 e. The van der Waals surface area contributed by atoms with Gasteiger partial charge in [-0.3, -0.25) is 0 Å². The summed E-state index contributed by atoms with van der Waals surface area (Å²) in [5, 5.41) is 0. The van der Waals surface area contributed by atoms with Crippen molar-refractivity contribution in [1.82, 2.24) is 9.97 Å². The Morgan fingerprint density at radius 3 is 1.31 bits per heavy atom. The Hall–Kier alpha value is -2.57. The molecule has 2 aromatic carbocycles. The van der Waals surface area contributed by atoms with Crippen molar-refractivity contribution in [3.05, 3.63) is 106 Å². The van der Waals surface area contributed by atoms with Crippen LogP contribution in [-0.2, 0) is 42.7 Å². The number of nitrogens with zero attached hydrogens (tertiary/aromatic N) is 2. The molecule has 1 aliphatic heterocycles. The number of aromatic nitrogens is 2. The topological polar surface area (TPSA) is 25.8 Å². The van der Waals surface area contributed by atoms with E-state index in [2.05, 4.69) is 142 Å². The van der Waals surface area contributed by atoms with Crippen molar-refractivity contribution in [2.45, 2.75) is 90.9 Å². The molecule has 5 rings (SSSR count). The molecule has 4 aromatic rings. The number of rotatable bonds is 0. The van der Waals surface area contributed by atoms with E-state index in [1.165, 1.54) is 11.1 Å². The summed E-state index contributed by atoms with van der Waals surface area (Å²) in [6, 6.07) is 29.4. The predicted octanol–water partition coefficient (Wildman–Crippen LogP) is 8.97. The van der Waals surface area contributed by atoms with E-state index in [0.29, 0.717) is 0 Å². The maximum absolute atomic E-state index is 5.30. The van der Waals surface area contributed by atoms with E-state index in [1.54, 1.807) is 0 Å². The van der Waals surface area contributed by atoms with Crippen LogP contribution in [0.3, 0.4) is 0 Å². The minimum Gasteiger partial charge on any atom is -0.300 e. The molecule has 3 heteroatoms. The van der Waals surface area contributed by atoms with Crippen LogP contribution in [0.5, 0.6) is 0 Å². The summed E-state index contributed by atoms with van der Waals surface area (Å²) in [6.07, 6.45) is 0. The minimum absolute atomic E-state index is 0. The zero-order valence-electron chi connectivity index (χ0n) is 25.0. The van der Waals surface area contributed by atoms with Crippen molar-refractivity contribution in [3.63, 3.8) is 0 Å². The average Bonchev–Trinajstić information content (AvgIpc) is 2.87. The first-order valence-electron chi connectivity index (χ1n) is 13.7. The Bertz CT molecular complexity index is 1420. The predicted molar refractivity (Wildman–Crippen MR) is 159 cm³/mol. The van der Waals surface area contributed by atoms with Crippen LogP contribution in [0.4, 0.5) is 0 Å². The van der Waals surface area contributed by atoms with Gasteiger partial charge in [-0.25, -0.2) is 0 Å². The fourth-order valence-corrected chi connectivity index (χ4v) is 5.09. The van der Waals surface area contributed by atoms with Crippen LogP contribution in [0.2, 0.25) is 0 Å². The molecule has 0 spiro atoms. The van der Waals surface area contributed by atoms with E-state index >= 15 is 0 Å². The van der Waals surface area contributed by atoms with E-state index < -0.39 is 5.41 Å². The second kappa shape index (κ2) is 9.81. The SMILES string of the molecule is CC(C)(C)c1cc2nc(c1)C(C)(C)c1cc(C(C)(C)C)cc(n1)-c1[c-]c(ccc1)C(C)(C)c1[c-]c-2ccc1.[Pt+2]. The summed E-state index contributed by atoms with van der Waals surface area (Å²) in [4.78, 5) is 10.6. The maximum Gasteiger partial charge on any atom is 2.00 e. The molecule has 204 valence electrons. The Kier molecular flexibility index (Phi) is 7.40. The Morgan fingerprint density at radius 2 is 0.949 bits per heavy atom. The molecule has 0 amide bonds. The zero-order chi connectivity index (χ0) is 27.7. The van der Waals surface area contributed by atoms with Crippen LogP contribution in [0.15, 0.2) is 60.7 Å². The molecule has 0 saturated heterocycles. The summed E-state index contributed by atoms with van der Waals surface area (Å²) >= 11 is 0. The molecule has 0 fully saturated rings. The monoisotopic (exact) mass is 695 g/mol. The van der Waals surface area contributed by atoms with E-state index in [0.717, 1.165) is 45.0 Å². The van der Waals surface area contributed by atoms with Gasteiger partial charge in [0, 0.05) is 16.8 Å². The number of hydrogen-bond acceptors (Lipinski definition) is 2. The van der Waals surface area contributed by atoms with Gasteiger partial charge < -0.3 is 9.97 Å². The van der Waals surface area contributed by atoms with E-state index in [4.69, 9.17) is 9.97 Å². The Balaban J connectivity index is 0.00000353. The van der Waals surface area contributed by atoms with Crippen molar-refractivity contribution in [3.8, 4) is 22.5 Å². The van der Waals surface area contributed by atoms with Gasteiger partial charge in [0.25, 0.3) is 0 Å². The molecular formula is C36H40N2Pt. The number of hydrogen-bond donors (Lipinski definition) is 0. The number of fused-ring (bicyclic) bond motifs is 10. The second-order valence-electron chi connectivity index (χ2n) is 14.0. The standard InChI is InChI=1S/C36H40N2.Pt/c1-33(2,3)27-19-29-23-13-11-15-25(17-23)35(7,8)26-16-12-14-24(18-26)30-20-28(34(4,5)6)22-32(38-30)36(9,10)31(21-27)37-29;/h11-16,19-22H,1-10H3;/q-2;+2. The van der Waals surface area contributed by atoms with E-state index in [9.17, 15) is 0 Å². The molecule has 1 aliphatic rings. The fourth-order valence-electron chi connectivity index (χ4n) is 5.09. The van der Waals surface area contributed by atoms with Crippen LogP contribution < -0.4 is 0 Å². The minimum atomic E-state index is -0.412. The van der Waals surface area contributed by atoms with E-state index in [-0.39, 0.29) is 37.3 Å². The quantitative estimate of drug-likeness (QED) is 0.172. The molecule has 0 radical (unpaired) electrons. The van der Waals surface area contributed by atoms with Crippen molar-refractivity contribution in [1.29, 1.82) is 0 Å². The Morgan fingerprint density at radius 1 is 0.564 bits per heavy atom. The maximum atomic E-state index is 5.30. The van der Waals surface area contributed by atoms with Gasteiger partial charge in [-0.1, -0.05) is 67.5 Å². The normalized spacial score (nSPS) is 15.6. The fraction of sp³-hybridized carbons (Fsp3) is 0.389. The van der Waals surface area contributed by atoms with Crippen LogP contribution in [0.1, 0.15) is 103 Å². The van der Waals surface area contributed by atoms with Crippen LogP contribution in [-0.4, -0.2) is 9.97 Å². The largest absolute Gasteiger partial charge is 2.00 e. The van der Waals surface area contributed by atoms with Gasteiger partial charge in [-0.2, -0.15) is 0 Å². The summed E-state index contributed by atoms with van der Waals surface area (Å²) in [7, 11) is 0. The first-order chi connectivity index (χ1) is 17.6. The van der Waals surface area contributed by atoms with Gasteiger partial charge in [0.2, 0.25) is 0 Å². The Labute approximate surface area is 250 Å². The second-order valence-corrected chi connectivity index (χ2v) is 14.0. The molecule has 0 saturated carbocycles.